The van der Waals surface area contributed by atoms with Crippen LogP contribution >= 0.6 is 11.6 Å². The van der Waals surface area contributed by atoms with E-state index in [1.54, 1.807) is 0 Å². The van der Waals surface area contributed by atoms with Crippen LogP contribution in [-0.2, 0) is 20.0 Å². The van der Waals surface area contributed by atoms with Crippen LogP contribution in [0.15, 0.2) is 0 Å². The molecule has 0 aromatic carbocycles. The fourth-order valence-corrected chi connectivity index (χ4v) is 3.46. The van der Waals surface area contributed by atoms with E-state index in [1.165, 1.54) is 12.8 Å². The second kappa shape index (κ2) is 6.46. The molecule has 5 heteroatoms. The number of aryl methyl sites for hydroxylation is 2. The van der Waals surface area contributed by atoms with Gasteiger partial charge in [0.25, 0.3) is 0 Å². The predicted molar refractivity (Wildman–Crippen MR) is 84.2 cm³/mol. The van der Waals surface area contributed by atoms with Gasteiger partial charge in [-0.25, -0.2) is 0 Å². The highest BCUT2D eigenvalue weighted by molar-refractivity contribution is 6.31. The summed E-state index contributed by atoms with van der Waals surface area (Å²) < 4.78 is 1.95. The summed E-state index contributed by atoms with van der Waals surface area (Å²) in [5, 5.41) is 9.06. The van der Waals surface area contributed by atoms with Gasteiger partial charge in [-0.15, -0.1) is 0 Å². The topological polar surface area (TPSA) is 33.1 Å². The highest BCUT2D eigenvalue weighted by Crippen LogP contribution is 2.25. The van der Waals surface area contributed by atoms with Gasteiger partial charge in [0.05, 0.1) is 16.4 Å². The average molecular weight is 299 g/mol. The molecule has 0 unspecified atom stereocenters. The molecule has 20 heavy (non-hydrogen) atoms. The van der Waals surface area contributed by atoms with Crippen LogP contribution in [0.3, 0.4) is 0 Å². The molecule has 0 radical (unpaired) electrons. The largest absolute Gasteiger partial charge is 0.309 e. The van der Waals surface area contributed by atoms with E-state index >= 15 is 0 Å². The van der Waals surface area contributed by atoms with Crippen molar-refractivity contribution >= 4 is 11.6 Å². The predicted octanol–water partition coefficient (Wildman–Crippen LogP) is 2.60. The Morgan fingerprint density at radius 1 is 1.30 bits per heavy atom. The lowest BCUT2D eigenvalue weighted by Gasteiger charge is -2.43. The van der Waals surface area contributed by atoms with Crippen molar-refractivity contribution in [3.63, 3.8) is 0 Å². The first-order valence-corrected chi connectivity index (χ1v) is 8.10. The van der Waals surface area contributed by atoms with Gasteiger partial charge >= 0.3 is 0 Å². The molecule has 0 saturated carbocycles. The molecule has 1 fully saturated rings. The second-order valence-electron chi connectivity index (χ2n) is 5.81. The number of piperazine rings is 1. The molecule has 1 aromatic rings. The van der Waals surface area contributed by atoms with Crippen LogP contribution < -0.4 is 5.32 Å². The van der Waals surface area contributed by atoms with Crippen molar-refractivity contribution in [2.45, 2.75) is 52.1 Å². The lowest BCUT2D eigenvalue weighted by molar-refractivity contribution is 0.116. The van der Waals surface area contributed by atoms with Gasteiger partial charge < -0.3 is 5.32 Å². The quantitative estimate of drug-likeness (QED) is 0.907. The molecule has 0 aliphatic carbocycles. The number of aromatic nitrogens is 2. The zero-order chi connectivity index (χ0) is 14.8. The van der Waals surface area contributed by atoms with Gasteiger partial charge in [-0.3, -0.25) is 9.58 Å². The molecule has 4 nitrogen and oxygen atoms in total. The third-order valence-electron chi connectivity index (χ3n) is 4.68. The first-order chi connectivity index (χ1) is 9.55. The zero-order valence-corrected chi connectivity index (χ0v) is 13.9. The van der Waals surface area contributed by atoms with Gasteiger partial charge in [0.2, 0.25) is 0 Å². The summed E-state index contributed by atoms with van der Waals surface area (Å²) in [6.07, 6.45) is 3.22. The van der Waals surface area contributed by atoms with E-state index in [0.717, 1.165) is 49.0 Å². The maximum absolute atomic E-state index is 6.46. The van der Waals surface area contributed by atoms with Gasteiger partial charge in [0.1, 0.15) is 0 Å². The van der Waals surface area contributed by atoms with Crippen LogP contribution in [0.25, 0.3) is 0 Å². The Bertz CT molecular complexity index is 451. The van der Waals surface area contributed by atoms with Crippen LogP contribution in [0.4, 0.5) is 0 Å². The molecular weight excluding hydrogens is 272 g/mol. The molecule has 0 spiro atoms. The smallest absolute Gasteiger partial charge is 0.0863 e. The van der Waals surface area contributed by atoms with Crippen LogP contribution in [0.1, 0.15) is 45.0 Å². The highest BCUT2D eigenvalue weighted by atomic mass is 35.5. The molecule has 0 bridgehead atoms. The molecule has 2 rings (SSSR count). The summed E-state index contributed by atoms with van der Waals surface area (Å²) in [6, 6.07) is 0. The van der Waals surface area contributed by atoms with Crippen molar-refractivity contribution in [2.24, 2.45) is 7.05 Å². The molecule has 114 valence electrons. The van der Waals surface area contributed by atoms with Crippen molar-refractivity contribution < 1.29 is 0 Å². The van der Waals surface area contributed by atoms with E-state index in [-0.39, 0.29) is 5.54 Å². The molecule has 2 heterocycles. The van der Waals surface area contributed by atoms with Crippen molar-refractivity contribution in [3.8, 4) is 0 Å². The number of halogens is 1. The Morgan fingerprint density at radius 3 is 2.55 bits per heavy atom. The Morgan fingerprint density at radius 2 is 2.00 bits per heavy atom. The molecule has 1 aliphatic rings. The van der Waals surface area contributed by atoms with Crippen molar-refractivity contribution in [2.75, 3.05) is 19.6 Å². The van der Waals surface area contributed by atoms with E-state index in [0.29, 0.717) is 0 Å². The van der Waals surface area contributed by atoms with E-state index < -0.39 is 0 Å². The Kier molecular flexibility index (Phi) is 5.10. The lowest BCUT2D eigenvalue weighted by atomic mass is 9.90. The second-order valence-corrected chi connectivity index (χ2v) is 6.19. The monoisotopic (exact) mass is 298 g/mol. The summed E-state index contributed by atoms with van der Waals surface area (Å²) in [5.74, 6) is 0. The summed E-state index contributed by atoms with van der Waals surface area (Å²) in [5.41, 5.74) is 2.42. The summed E-state index contributed by atoms with van der Waals surface area (Å²) in [6.45, 7) is 10.7. The average Bonchev–Trinajstić information content (AvgIpc) is 2.75. The molecule has 1 N–H and O–H groups in total. The van der Waals surface area contributed by atoms with Crippen molar-refractivity contribution in [1.29, 1.82) is 0 Å². The number of nitrogens with zero attached hydrogens (tertiary/aromatic N) is 3. The van der Waals surface area contributed by atoms with Crippen LogP contribution in [0.2, 0.25) is 5.02 Å². The first kappa shape index (κ1) is 15.8. The van der Waals surface area contributed by atoms with E-state index in [4.69, 9.17) is 11.6 Å². The van der Waals surface area contributed by atoms with Gasteiger partial charge in [-0.1, -0.05) is 32.4 Å². The third-order valence-corrected chi connectivity index (χ3v) is 5.12. The number of hydrogen-bond donors (Lipinski definition) is 1. The standard InChI is InChI=1S/C15H27ClN4/c1-5-12-14(16)13(19(4)18-12)10-20-9-8-17-15(6-2,7-3)11-20/h17H,5-11H2,1-4H3. The maximum atomic E-state index is 6.46. The van der Waals surface area contributed by atoms with E-state index in [2.05, 4.69) is 36.1 Å². The SMILES string of the molecule is CCc1nn(C)c(CN2CCNC(CC)(CC)C2)c1Cl. The van der Waals surface area contributed by atoms with Crippen molar-refractivity contribution in [1.82, 2.24) is 20.0 Å². The molecule has 1 aliphatic heterocycles. The highest BCUT2D eigenvalue weighted by Gasteiger charge is 2.32. The lowest BCUT2D eigenvalue weighted by Crippen LogP contribution is -2.59. The van der Waals surface area contributed by atoms with Crippen LogP contribution in [0, 0.1) is 0 Å². The summed E-state index contributed by atoms with van der Waals surface area (Å²) in [4.78, 5) is 2.51. The Hall–Kier alpha value is -0.580. The maximum Gasteiger partial charge on any atom is 0.0863 e. The molecule has 1 aromatic heterocycles. The van der Waals surface area contributed by atoms with Gasteiger partial charge in [-0.2, -0.15) is 5.10 Å². The fraction of sp³-hybridized carbons (Fsp3) is 0.800. The van der Waals surface area contributed by atoms with Crippen molar-refractivity contribution in [3.05, 3.63) is 16.4 Å². The summed E-state index contributed by atoms with van der Waals surface area (Å²) in [7, 11) is 2.00. The molecular formula is C15H27ClN4. The third kappa shape index (κ3) is 3.02. The molecule has 0 amide bonds. The Labute approximate surface area is 127 Å². The first-order valence-electron chi connectivity index (χ1n) is 7.72. The normalized spacial score (nSPS) is 19.4. The minimum absolute atomic E-state index is 0.261. The molecule has 0 atom stereocenters. The number of nitrogens with one attached hydrogen (secondary N) is 1. The van der Waals surface area contributed by atoms with Gasteiger partial charge in [0, 0.05) is 38.8 Å². The fourth-order valence-electron chi connectivity index (χ4n) is 3.10. The van der Waals surface area contributed by atoms with Gasteiger partial charge in [0.15, 0.2) is 0 Å². The minimum atomic E-state index is 0.261. The molecule has 1 saturated heterocycles. The minimum Gasteiger partial charge on any atom is -0.309 e. The van der Waals surface area contributed by atoms with Crippen LogP contribution in [0.5, 0.6) is 0 Å². The summed E-state index contributed by atoms with van der Waals surface area (Å²) >= 11 is 6.46. The van der Waals surface area contributed by atoms with E-state index in [1.807, 2.05) is 11.7 Å². The zero-order valence-electron chi connectivity index (χ0n) is 13.2. The van der Waals surface area contributed by atoms with Gasteiger partial charge in [-0.05, 0) is 19.3 Å². The number of hydrogen-bond acceptors (Lipinski definition) is 3. The van der Waals surface area contributed by atoms with E-state index in [9.17, 15) is 0 Å². The van der Waals surface area contributed by atoms with Crippen LogP contribution in [-0.4, -0.2) is 39.9 Å². The number of rotatable bonds is 5. The Balaban J connectivity index is 2.12.